The molecule has 0 bridgehead atoms. The molecule has 0 spiro atoms. The first kappa shape index (κ1) is 13.4. The summed E-state index contributed by atoms with van der Waals surface area (Å²) in [7, 11) is 3.28. The molecule has 21 heavy (non-hydrogen) atoms. The van der Waals surface area contributed by atoms with Gasteiger partial charge in [0.2, 0.25) is 0 Å². The van der Waals surface area contributed by atoms with E-state index >= 15 is 0 Å². The van der Waals surface area contributed by atoms with Gasteiger partial charge in [0, 0.05) is 17.1 Å². The second-order valence-corrected chi connectivity index (χ2v) is 4.95. The van der Waals surface area contributed by atoms with E-state index in [2.05, 4.69) is 30.1 Å². The minimum absolute atomic E-state index is 0.709. The number of benzene rings is 2. The lowest BCUT2D eigenvalue weighted by Gasteiger charge is -2.11. The maximum Gasteiger partial charge on any atom is 0.161 e. The predicted molar refractivity (Wildman–Crippen MR) is 85.0 cm³/mol. The van der Waals surface area contributed by atoms with E-state index in [0.717, 1.165) is 22.4 Å². The number of nitrogens with zero attached hydrogens (tertiary/aromatic N) is 1. The van der Waals surface area contributed by atoms with E-state index in [4.69, 9.17) is 9.47 Å². The van der Waals surface area contributed by atoms with Gasteiger partial charge in [-0.2, -0.15) is 0 Å². The molecule has 3 aromatic rings. The van der Waals surface area contributed by atoms with Crippen LogP contribution in [0.4, 0.5) is 0 Å². The van der Waals surface area contributed by atoms with E-state index < -0.39 is 0 Å². The number of hydrogen-bond acceptors (Lipinski definition) is 3. The first-order chi connectivity index (χ1) is 10.2. The zero-order valence-corrected chi connectivity index (χ0v) is 12.4. The number of methoxy groups -OCH3 is 2. The lowest BCUT2D eigenvalue weighted by molar-refractivity contribution is 0.355. The van der Waals surface area contributed by atoms with Gasteiger partial charge in [0.1, 0.15) is 0 Å². The van der Waals surface area contributed by atoms with E-state index in [9.17, 15) is 0 Å². The maximum absolute atomic E-state index is 5.38. The normalized spacial score (nSPS) is 10.6. The maximum atomic E-state index is 5.38. The summed E-state index contributed by atoms with van der Waals surface area (Å²) in [5.41, 5.74) is 3.21. The van der Waals surface area contributed by atoms with Crippen LogP contribution in [0, 0.1) is 6.92 Å². The first-order valence-electron chi connectivity index (χ1n) is 6.80. The molecule has 3 heteroatoms. The third-order valence-corrected chi connectivity index (χ3v) is 3.58. The van der Waals surface area contributed by atoms with Crippen molar-refractivity contribution in [3.8, 4) is 22.8 Å². The SMILES string of the molecule is COc1ccc(-c2nccc3cc(C)ccc23)cc1OC. The largest absolute Gasteiger partial charge is 0.493 e. The average molecular weight is 279 g/mol. The Morgan fingerprint density at radius 3 is 2.43 bits per heavy atom. The van der Waals surface area contributed by atoms with Gasteiger partial charge in [-0.15, -0.1) is 0 Å². The van der Waals surface area contributed by atoms with E-state index in [1.54, 1.807) is 14.2 Å². The molecule has 0 saturated carbocycles. The van der Waals surface area contributed by atoms with Crippen molar-refractivity contribution in [2.24, 2.45) is 0 Å². The molecule has 0 amide bonds. The Balaban J connectivity index is 2.20. The van der Waals surface area contributed by atoms with Crippen molar-refractivity contribution < 1.29 is 9.47 Å². The molecule has 0 atom stereocenters. The summed E-state index contributed by atoms with van der Waals surface area (Å²) in [6, 6.07) is 14.3. The Kier molecular flexibility index (Phi) is 3.48. The summed E-state index contributed by atoms with van der Waals surface area (Å²) in [6.07, 6.45) is 1.84. The fraction of sp³-hybridized carbons (Fsp3) is 0.167. The second kappa shape index (κ2) is 5.44. The van der Waals surface area contributed by atoms with Crippen LogP contribution in [-0.4, -0.2) is 19.2 Å². The zero-order chi connectivity index (χ0) is 14.8. The Morgan fingerprint density at radius 2 is 1.67 bits per heavy atom. The van der Waals surface area contributed by atoms with Crippen LogP contribution in [0.2, 0.25) is 0 Å². The zero-order valence-electron chi connectivity index (χ0n) is 12.4. The minimum Gasteiger partial charge on any atom is -0.493 e. The highest BCUT2D eigenvalue weighted by molar-refractivity contribution is 5.95. The summed E-state index contributed by atoms with van der Waals surface area (Å²) >= 11 is 0. The molecule has 0 aliphatic rings. The minimum atomic E-state index is 0.709. The quantitative estimate of drug-likeness (QED) is 0.719. The first-order valence-corrected chi connectivity index (χ1v) is 6.80. The van der Waals surface area contributed by atoms with Crippen LogP contribution < -0.4 is 9.47 Å². The van der Waals surface area contributed by atoms with Crippen LogP contribution in [0.25, 0.3) is 22.0 Å². The lowest BCUT2D eigenvalue weighted by Crippen LogP contribution is -1.92. The Morgan fingerprint density at radius 1 is 0.857 bits per heavy atom. The van der Waals surface area contributed by atoms with Gasteiger partial charge in [0.05, 0.1) is 19.9 Å². The third kappa shape index (κ3) is 2.42. The Hall–Kier alpha value is -2.55. The average Bonchev–Trinajstić information content (AvgIpc) is 2.53. The number of fused-ring (bicyclic) bond motifs is 1. The van der Waals surface area contributed by atoms with Gasteiger partial charge in [-0.1, -0.05) is 23.8 Å². The van der Waals surface area contributed by atoms with Gasteiger partial charge < -0.3 is 9.47 Å². The monoisotopic (exact) mass is 279 g/mol. The Bertz CT molecular complexity index is 796. The van der Waals surface area contributed by atoms with Crippen LogP contribution in [0.5, 0.6) is 11.5 Å². The van der Waals surface area contributed by atoms with Crippen molar-refractivity contribution in [1.82, 2.24) is 4.98 Å². The topological polar surface area (TPSA) is 31.4 Å². The standard InChI is InChI=1S/C18H17NO2/c1-12-4-6-15-13(10-12)8-9-19-18(15)14-5-7-16(20-2)17(11-14)21-3/h4-11H,1-3H3. The van der Waals surface area contributed by atoms with Crippen molar-refractivity contribution in [1.29, 1.82) is 0 Å². The van der Waals surface area contributed by atoms with E-state index in [1.807, 2.05) is 30.5 Å². The van der Waals surface area contributed by atoms with Crippen LogP contribution >= 0.6 is 0 Å². The number of aromatic nitrogens is 1. The van der Waals surface area contributed by atoms with Gasteiger partial charge in [-0.25, -0.2) is 0 Å². The summed E-state index contributed by atoms with van der Waals surface area (Å²) in [5, 5.41) is 2.32. The highest BCUT2D eigenvalue weighted by Crippen LogP contribution is 2.34. The van der Waals surface area contributed by atoms with Crippen molar-refractivity contribution in [2.45, 2.75) is 6.92 Å². The number of aryl methyl sites for hydroxylation is 1. The molecule has 0 N–H and O–H groups in total. The summed E-state index contributed by atoms with van der Waals surface area (Å²) in [6.45, 7) is 2.09. The molecule has 3 rings (SSSR count). The lowest BCUT2D eigenvalue weighted by atomic mass is 10.0. The van der Waals surface area contributed by atoms with Crippen LogP contribution in [0.15, 0.2) is 48.7 Å². The number of hydrogen-bond donors (Lipinski definition) is 0. The van der Waals surface area contributed by atoms with Crippen molar-refractivity contribution in [2.75, 3.05) is 14.2 Å². The fourth-order valence-electron chi connectivity index (χ4n) is 2.51. The second-order valence-electron chi connectivity index (χ2n) is 4.95. The Labute approximate surface area is 124 Å². The molecule has 0 unspecified atom stereocenters. The van der Waals surface area contributed by atoms with Gasteiger partial charge in [0.25, 0.3) is 0 Å². The molecule has 0 aliphatic heterocycles. The molecule has 1 heterocycles. The van der Waals surface area contributed by atoms with E-state index in [0.29, 0.717) is 5.75 Å². The molecular weight excluding hydrogens is 262 g/mol. The summed E-state index contributed by atoms with van der Waals surface area (Å²) < 4.78 is 10.7. The van der Waals surface area contributed by atoms with Crippen LogP contribution in [0.1, 0.15) is 5.56 Å². The fourth-order valence-corrected chi connectivity index (χ4v) is 2.51. The van der Waals surface area contributed by atoms with Crippen LogP contribution in [-0.2, 0) is 0 Å². The van der Waals surface area contributed by atoms with Crippen LogP contribution in [0.3, 0.4) is 0 Å². The molecule has 2 aromatic carbocycles. The molecule has 0 fully saturated rings. The number of ether oxygens (including phenoxy) is 2. The molecular formula is C18H17NO2. The van der Waals surface area contributed by atoms with Gasteiger partial charge >= 0.3 is 0 Å². The highest BCUT2D eigenvalue weighted by Gasteiger charge is 2.09. The van der Waals surface area contributed by atoms with Crippen molar-refractivity contribution in [3.63, 3.8) is 0 Å². The molecule has 3 nitrogen and oxygen atoms in total. The molecule has 1 aromatic heterocycles. The van der Waals surface area contributed by atoms with Gasteiger partial charge in [-0.05, 0) is 36.6 Å². The third-order valence-electron chi connectivity index (χ3n) is 3.58. The van der Waals surface area contributed by atoms with E-state index in [-0.39, 0.29) is 0 Å². The van der Waals surface area contributed by atoms with E-state index in [1.165, 1.54) is 10.9 Å². The molecule has 0 radical (unpaired) electrons. The predicted octanol–water partition coefficient (Wildman–Crippen LogP) is 4.23. The van der Waals surface area contributed by atoms with Gasteiger partial charge in [-0.3, -0.25) is 4.98 Å². The summed E-state index contributed by atoms with van der Waals surface area (Å²) in [5.74, 6) is 1.43. The molecule has 0 aliphatic carbocycles. The highest BCUT2D eigenvalue weighted by atomic mass is 16.5. The summed E-state index contributed by atoms with van der Waals surface area (Å²) in [4.78, 5) is 4.54. The number of pyridine rings is 1. The molecule has 106 valence electrons. The smallest absolute Gasteiger partial charge is 0.161 e. The van der Waals surface area contributed by atoms with Gasteiger partial charge in [0.15, 0.2) is 11.5 Å². The van der Waals surface area contributed by atoms with Crippen molar-refractivity contribution in [3.05, 3.63) is 54.2 Å². The van der Waals surface area contributed by atoms with Crippen molar-refractivity contribution >= 4 is 10.8 Å². The number of rotatable bonds is 3. The molecule has 0 saturated heterocycles.